The van der Waals surface area contributed by atoms with Gasteiger partial charge < -0.3 is 14.8 Å². The molecule has 2 aromatic rings. The molecule has 0 aliphatic carbocycles. The summed E-state index contributed by atoms with van der Waals surface area (Å²) in [6.07, 6.45) is 2.03. The molecule has 2 aliphatic rings. The minimum absolute atomic E-state index is 0.184. The van der Waals surface area contributed by atoms with Crippen molar-refractivity contribution in [1.29, 1.82) is 0 Å². The van der Waals surface area contributed by atoms with Crippen LogP contribution in [0, 0.1) is 0 Å². The second kappa shape index (κ2) is 6.12. The number of carbonyl (C=O) groups is 1. The van der Waals surface area contributed by atoms with Crippen LogP contribution in [0.5, 0.6) is 11.5 Å². The van der Waals surface area contributed by atoms with Gasteiger partial charge in [-0.1, -0.05) is 0 Å². The summed E-state index contributed by atoms with van der Waals surface area (Å²) in [6, 6.07) is 5.10. The summed E-state index contributed by atoms with van der Waals surface area (Å²) in [5.74, 6) is 2.56. The molecule has 24 heavy (non-hydrogen) atoms. The molecule has 1 aromatic heterocycles. The molecule has 2 N–H and O–H groups in total. The van der Waals surface area contributed by atoms with Crippen molar-refractivity contribution in [3.8, 4) is 11.5 Å². The number of hydrogen-bond donors (Lipinski definition) is 2. The van der Waals surface area contributed by atoms with Crippen molar-refractivity contribution in [1.82, 2.24) is 20.1 Å². The lowest BCUT2D eigenvalue weighted by Crippen LogP contribution is -2.27. The van der Waals surface area contributed by atoms with Gasteiger partial charge in [-0.25, -0.2) is 4.68 Å². The van der Waals surface area contributed by atoms with Gasteiger partial charge in [0.25, 0.3) is 5.91 Å². The van der Waals surface area contributed by atoms with E-state index < -0.39 is 0 Å². The predicted molar refractivity (Wildman–Crippen MR) is 86.4 cm³/mol. The smallest absolute Gasteiger partial charge is 0.258 e. The van der Waals surface area contributed by atoms with E-state index in [1.54, 1.807) is 29.9 Å². The molecule has 1 fully saturated rings. The van der Waals surface area contributed by atoms with Gasteiger partial charge in [-0.15, -0.1) is 0 Å². The quantitative estimate of drug-likeness (QED) is 0.881. The van der Waals surface area contributed by atoms with E-state index in [0.29, 0.717) is 28.9 Å². The third-order valence-electron chi connectivity index (χ3n) is 4.34. The van der Waals surface area contributed by atoms with Crippen molar-refractivity contribution in [2.75, 3.05) is 25.2 Å². The van der Waals surface area contributed by atoms with Gasteiger partial charge >= 0.3 is 0 Å². The van der Waals surface area contributed by atoms with Crippen LogP contribution in [0.25, 0.3) is 0 Å². The maximum Gasteiger partial charge on any atom is 0.258 e. The maximum atomic E-state index is 12.5. The number of ether oxygens (including phenoxy) is 2. The first-order chi connectivity index (χ1) is 11.7. The van der Waals surface area contributed by atoms with Crippen LogP contribution in [0.4, 0.5) is 5.95 Å². The number of anilines is 1. The molecule has 0 bridgehead atoms. The minimum atomic E-state index is -0.249. The number of nitrogens with one attached hydrogen (secondary N) is 2. The largest absolute Gasteiger partial charge is 0.454 e. The van der Waals surface area contributed by atoms with Crippen molar-refractivity contribution < 1.29 is 14.3 Å². The number of piperidine rings is 1. The Labute approximate surface area is 139 Å². The molecule has 1 aromatic carbocycles. The van der Waals surface area contributed by atoms with Gasteiger partial charge in [-0.3, -0.25) is 10.1 Å². The van der Waals surface area contributed by atoms with E-state index in [0.717, 1.165) is 31.8 Å². The van der Waals surface area contributed by atoms with E-state index in [1.165, 1.54) is 0 Å². The van der Waals surface area contributed by atoms with Gasteiger partial charge in [0, 0.05) is 18.5 Å². The number of aromatic nitrogens is 3. The molecule has 0 saturated carbocycles. The molecule has 1 amide bonds. The number of nitrogens with zero attached hydrogens (tertiary/aromatic N) is 3. The molecule has 3 heterocycles. The van der Waals surface area contributed by atoms with Crippen LogP contribution in [0.3, 0.4) is 0 Å². The first-order valence-electron chi connectivity index (χ1n) is 8.03. The topological polar surface area (TPSA) is 90.3 Å². The first-order valence-corrected chi connectivity index (χ1v) is 8.03. The monoisotopic (exact) mass is 329 g/mol. The molecule has 0 unspecified atom stereocenters. The lowest BCUT2D eigenvalue weighted by molar-refractivity contribution is 0.102. The van der Waals surface area contributed by atoms with E-state index in [9.17, 15) is 4.79 Å². The molecule has 2 aliphatic heterocycles. The van der Waals surface area contributed by atoms with Gasteiger partial charge in [0.2, 0.25) is 12.7 Å². The van der Waals surface area contributed by atoms with Crippen molar-refractivity contribution in [2.45, 2.75) is 18.8 Å². The minimum Gasteiger partial charge on any atom is -0.454 e. The Kier molecular flexibility index (Phi) is 3.81. The average Bonchev–Trinajstić information content (AvgIpc) is 3.22. The molecule has 4 rings (SSSR count). The standard InChI is InChI=1S/C16H19N5O3/c1-21-16(18-14(20-21)10-4-6-17-7-5-10)19-15(22)11-2-3-12-13(8-11)24-9-23-12/h2-3,8,10,17H,4-7,9H2,1H3,(H,18,19,20,22). The summed E-state index contributed by atoms with van der Waals surface area (Å²) < 4.78 is 12.2. The number of rotatable bonds is 3. The summed E-state index contributed by atoms with van der Waals surface area (Å²) in [7, 11) is 1.78. The van der Waals surface area contributed by atoms with Gasteiger partial charge in [-0.05, 0) is 44.1 Å². The van der Waals surface area contributed by atoms with Crippen molar-refractivity contribution >= 4 is 11.9 Å². The van der Waals surface area contributed by atoms with Crippen LogP contribution in [0.15, 0.2) is 18.2 Å². The number of benzene rings is 1. The fourth-order valence-electron chi connectivity index (χ4n) is 2.98. The van der Waals surface area contributed by atoms with E-state index >= 15 is 0 Å². The zero-order valence-corrected chi connectivity index (χ0v) is 13.4. The Bertz CT molecular complexity index is 767. The fraction of sp³-hybridized carbons (Fsp3) is 0.438. The molecular weight excluding hydrogens is 310 g/mol. The summed E-state index contributed by atoms with van der Waals surface area (Å²) in [5.41, 5.74) is 0.491. The highest BCUT2D eigenvalue weighted by Gasteiger charge is 2.22. The van der Waals surface area contributed by atoms with Crippen LogP contribution >= 0.6 is 0 Å². The van der Waals surface area contributed by atoms with Crippen molar-refractivity contribution in [3.05, 3.63) is 29.6 Å². The maximum absolute atomic E-state index is 12.5. The number of hydrogen-bond acceptors (Lipinski definition) is 6. The third kappa shape index (κ3) is 2.80. The zero-order chi connectivity index (χ0) is 16.5. The predicted octanol–water partition coefficient (Wildman–Crippen LogP) is 1.26. The molecule has 0 atom stereocenters. The highest BCUT2D eigenvalue weighted by Crippen LogP contribution is 2.32. The molecular formula is C16H19N5O3. The van der Waals surface area contributed by atoms with Crippen LogP contribution in [-0.2, 0) is 7.05 Å². The van der Waals surface area contributed by atoms with Gasteiger partial charge in [-0.2, -0.15) is 10.1 Å². The summed E-state index contributed by atoms with van der Waals surface area (Å²) in [4.78, 5) is 17.0. The van der Waals surface area contributed by atoms with Crippen molar-refractivity contribution in [3.63, 3.8) is 0 Å². The summed E-state index contributed by atoms with van der Waals surface area (Å²) >= 11 is 0. The SMILES string of the molecule is Cn1nc(C2CCNCC2)nc1NC(=O)c1ccc2c(c1)OCO2. The number of aryl methyl sites for hydroxylation is 1. The Morgan fingerprint density at radius 1 is 1.29 bits per heavy atom. The van der Waals surface area contributed by atoms with Crippen molar-refractivity contribution in [2.24, 2.45) is 7.05 Å². The fourth-order valence-corrected chi connectivity index (χ4v) is 2.98. The van der Waals surface area contributed by atoms with E-state index in [1.807, 2.05) is 0 Å². The first kappa shape index (κ1) is 14.9. The number of amides is 1. The Morgan fingerprint density at radius 3 is 2.92 bits per heavy atom. The van der Waals surface area contributed by atoms with Gasteiger partial charge in [0.05, 0.1) is 0 Å². The molecule has 8 nitrogen and oxygen atoms in total. The Balaban J connectivity index is 1.50. The Hall–Kier alpha value is -2.61. The highest BCUT2D eigenvalue weighted by atomic mass is 16.7. The Morgan fingerprint density at radius 2 is 2.08 bits per heavy atom. The number of fused-ring (bicyclic) bond motifs is 1. The van der Waals surface area contributed by atoms with Crippen LogP contribution in [0.2, 0.25) is 0 Å². The molecule has 0 spiro atoms. The van der Waals surface area contributed by atoms with Crippen LogP contribution in [-0.4, -0.2) is 40.6 Å². The summed E-state index contributed by atoms with van der Waals surface area (Å²) in [5, 5.41) is 10.6. The zero-order valence-electron chi connectivity index (χ0n) is 13.4. The van der Waals surface area contributed by atoms with Gasteiger partial charge in [0.15, 0.2) is 17.3 Å². The third-order valence-corrected chi connectivity index (χ3v) is 4.34. The second-order valence-electron chi connectivity index (χ2n) is 5.96. The lowest BCUT2D eigenvalue weighted by atomic mass is 9.98. The highest BCUT2D eigenvalue weighted by molar-refractivity contribution is 6.03. The lowest BCUT2D eigenvalue weighted by Gasteiger charge is -2.19. The van der Waals surface area contributed by atoms with E-state index in [4.69, 9.17) is 9.47 Å². The van der Waals surface area contributed by atoms with Crippen LogP contribution < -0.4 is 20.1 Å². The molecule has 1 saturated heterocycles. The summed E-state index contributed by atoms with van der Waals surface area (Å²) in [6.45, 7) is 2.13. The van der Waals surface area contributed by atoms with Crippen LogP contribution in [0.1, 0.15) is 34.9 Å². The van der Waals surface area contributed by atoms with Gasteiger partial charge in [0.1, 0.15) is 0 Å². The number of carbonyl (C=O) groups excluding carboxylic acids is 1. The normalized spacial score (nSPS) is 17.0. The molecule has 126 valence electrons. The molecule has 0 radical (unpaired) electrons. The second-order valence-corrected chi connectivity index (χ2v) is 5.96. The average molecular weight is 329 g/mol. The molecule has 8 heteroatoms. The van der Waals surface area contributed by atoms with E-state index in [2.05, 4.69) is 20.7 Å². The van der Waals surface area contributed by atoms with E-state index in [-0.39, 0.29) is 12.7 Å².